The van der Waals surface area contributed by atoms with E-state index in [-0.39, 0.29) is 35.0 Å². The molecule has 3 N–H and O–H groups in total. The van der Waals surface area contributed by atoms with Gasteiger partial charge in [0.25, 0.3) is 0 Å². The van der Waals surface area contributed by atoms with Crippen LogP contribution in [0.5, 0.6) is 5.75 Å². The van der Waals surface area contributed by atoms with E-state index in [0.717, 1.165) is 34.5 Å². The first-order valence-electron chi connectivity index (χ1n) is 23.4. The van der Waals surface area contributed by atoms with Crippen molar-refractivity contribution in [2.45, 2.75) is 111 Å². The summed E-state index contributed by atoms with van der Waals surface area (Å²) >= 11 is 0. The molecular formula is C51H62N4O9. The van der Waals surface area contributed by atoms with Crippen molar-refractivity contribution < 1.29 is 43.4 Å². The predicted octanol–water partition coefficient (Wildman–Crippen LogP) is 4.96. The molecule has 1 saturated carbocycles. The lowest BCUT2D eigenvalue weighted by Crippen LogP contribution is -2.79. The van der Waals surface area contributed by atoms with Gasteiger partial charge >= 0.3 is 11.9 Å². The topological polar surface area (TPSA) is 156 Å². The van der Waals surface area contributed by atoms with Crippen molar-refractivity contribution in [1.82, 2.24) is 4.90 Å². The number of hydrogen-bond acceptors (Lipinski definition) is 12. The molecule has 7 heterocycles. The number of methoxy groups -OCH3 is 2. The molecule has 13 heteroatoms. The number of aliphatic hydroxyl groups is 2. The van der Waals surface area contributed by atoms with Crippen LogP contribution in [0.3, 0.4) is 0 Å². The number of carbonyl (C=O) groups excluding carboxylic acids is 2. The van der Waals surface area contributed by atoms with Crippen molar-refractivity contribution in [2.75, 3.05) is 70.8 Å². The lowest BCUT2D eigenvalue weighted by molar-refractivity contribution is -0.890. The number of esters is 2. The number of nitrogens with one attached hydrogen (secondary N) is 1. The number of epoxide rings is 1. The Morgan fingerprint density at radius 2 is 1.81 bits per heavy atom. The third-order valence-electron chi connectivity index (χ3n) is 17.8. The minimum atomic E-state index is -1.92. The Balaban J connectivity index is 1.11. The molecule has 1 spiro atoms. The first-order chi connectivity index (χ1) is 30.8. The molecule has 0 radical (unpaired) electrons. The zero-order valence-electron chi connectivity index (χ0n) is 37.6. The first kappa shape index (κ1) is 42.2. The molecule has 7 aliphatic heterocycles. The van der Waals surface area contributed by atoms with Crippen molar-refractivity contribution in [2.24, 2.45) is 11.3 Å². The zero-order valence-corrected chi connectivity index (χ0v) is 37.6. The molecule has 5 fully saturated rings. The number of likely N-dealkylation sites (N-methyl/N-ethyl adjacent to an activating group) is 1. The highest BCUT2D eigenvalue weighted by atomic mass is 16.6. The monoisotopic (exact) mass is 874 g/mol. The van der Waals surface area contributed by atoms with Gasteiger partial charge in [-0.2, -0.15) is 0 Å². The number of quaternary nitrogens is 1. The normalized spacial score (nSPS) is 40.8. The van der Waals surface area contributed by atoms with Gasteiger partial charge in [-0.05, 0) is 61.1 Å². The molecule has 6 unspecified atom stereocenters. The van der Waals surface area contributed by atoms with Crippen molar-refractivity contribution >= 4 is 23.3 Å². The van der Waals surface area contributed by atoms with E-state index in [9.17, 15) is 20.2 Å². The van der Waals surface area contributed by atoms with Crippen LogP contribution < -0.4 is 15.0 Å². The molecule has 13 nitrogen and oxygen atoms in total. The van der Waals surface area contributed by atoms with E-state index in [1.54, 1.807) is 7.11 Å². The second kappa shape index (κ2) is 14.5. The number of ether oxygens (including phenoxy) is 4. The number of para-hydroxylation sites is 1. The predicted molar refractivity (Wildman–Crippen MR) is 240 cm³/mol. The summed E-state index contributed by atoms with van der Waals surface area (Å²) in [6.45, 7) is 6.30. The molecule has 8 aliphatic rings. The van der Waals surface area contributed by atoms with Gasteiger partial charge < -0.3 is 49.2 Å². The summed E-state index contributed by atoms with van der Waals surface area (Å²) in [7, 11) is 5.03. The van der Waals surface area contributed by atoms with Crippen LogP contribution in [0.4, 0.5) is 11.4 Å². The second-order valence-corrected chi connectivity index (χ2v) is 20.5. The zero-order chi connectivity index (χ0) is 44.6. The summed E-state index contributed by atoms with van der Waals surface area (Å²) in [4.78, 5) is 33.6. The van der Waals surface area contributed by atoms with Gasteiger partial charge in [0.15, 0.2) is 0 Å². The molecule has 3 aromatic carbocycles. The van der Waals surface area contributed by atoms with E-state index in [2.05, 4.69) is 59.3 Å². The average Bonchev–Trinajstić information content (AvgIpc) is 3.57. The van der Waals surface area contributed by atoms with Crippen molar-refractivity contribution in [3.8, 4) is 5.75 Å². The Bertz CT molecular complexity index is 2420. The number of fused-ring (bicyclic) bond motifs is 8. The number of anilines is 2. The van der Waals surface area contributed by atoms with Gasteiger partial charge in [-0.15, -0.1) is 0 Å². The second-order valence-electron chi connectivity index (χ2n) is 20.5. The minimum Gasteiger partial charge on any atom is -0.633 e. The summed E-state index contributed by atoms with van der Waals surface area (Å²) < 4.78 is 24.7. The van der Waals surface area contributed by atoms with E-state index in [1.165, 1.54) is 7.11 Å². The van der Waals surface area contributed by atoms with E-state index >= 15 is 4.79 Å². The van der Waals surface area contributed by atoms with Crippen LogP contribution in [0.1, 0.15) is 74.1 Å². The van der Waals surface area contributed by atoms with Gasteiger partial charge in [0.05, 0.1) is 51.9 Å². The molecule has 11 rings (SSSR count). The van der Waals surface area contributed by atoms with Crippen LogP contribution in [0.25, 0.3) is 0 Å². The van der Waals surface area contributed by atoms with Gasteiger partial charge in [0.1, 0.15) is 41.6 Å². The summed E-state index contributed by atoms with van der Waals surface area (Å²) in [5.41, 5.74) is -0.246. The van der Waals surface area contributed by atoms with Crippen LogP contribution >= 0.6 is 0 Å². The Labute approximate surface area is 375 Å². The summed E-state index contributed by atoms with van der Waals surface area (Å²) in [6.07, 6.45) is 5.53. The van der Waals surface area contributed by atoms with Crippen LogP contribution in [0.15, 0.2) is 78.9 Å². The molecular weight excluding hydrogens is 813 g/mol. The van der Waals surface area contributed by atoms with Crippen molar-refractivity contribution in [3.63, 3.8) is 0 Å². The van der Waals surface area contributed by atoms with Crippen LogP contribution in [-0.2, 0) is 41.1 Å². The summed E-state index contributed by atoms with van der Waals surface area (Å²) in [6, 6.07) is 20.3. The largest absolute Gasteiger partial charge is 0.633 e. The molecule has 64 heavy (non-hydrogen) atoms. The molecule has 340 valence electrons. The third kappa shape index (κ3) is 5.51. The highest BCUT2D eigenvalue weighted by molar-refractivity contribution is 5.89. The summed E-state index contributed by atoms with van der Waals surface area (Å²) in [5.74, 6) is -0.841. The van der Waals surface area contributed by atoms with Crippen LogP contribution in [-0.4, -0.2) is 134 Å². The number of hydroxylamine groups is 3. The van der Waals surface area contributed by atoms with Gasteiger partial charge in [-0.1, -0.05) is 74.5 Å². The maximum absolute atomic E-state index is 15.5. The quantitative estimate of drug-likeness (QED) is 0.0876. The molecule has 1 aliphatic carbocycles. The molecule has 0 amide bonds. The maximum atomic E-state index is 15.5. The number of nitrogens with zero attached hydrogens (tertiary/aromatic N) is 3. The van der Waals surface area contributed by atoms with Gasteiger partial charge in [0.2, 0.25) is 0 Å². The first-order valence-corrected chi connectivity index (χ1v) is 23.4. The number of aliphatic hydroxyl groups excluding tert-OH is 1. The van der Waals surface area contributed by atoms with Crippen LogP contribution in [0.2, 0.25) is 0 Å². The molecule has 0 aromatic heterocycles. The summed E-state index contributed by atoms with van der Waals surface area (Å²) in [5, 5.41) is 45.2. The number of benzene rings is 3. The number of rotatable bonds is 9. The Hall–Kier alpha value is -4.50. The highest BCUT2D eigenvalue weighted by Gasteiger charge is 2.77. The molecule has 3 aromatic rings. The van der Waals surface area contributed by atoms with Crippen molar-refractivity contribution in [3.05, 3.63) is 106 Å². The Morgan fingerprint density at radius 1 is 1.03 bits per heavy atom. The molecule has 13 atom stereocenters. The SMILES string of the molecule is CCC12C[N+]3([O-])CCC4c5ccccc5NC4[C@@](C(=O)OC)(c4cc5c(cc4OC)N(C)[C@@H]4[C@](O)(COC(=O)Cc6ccccc6)[C@@H](O)[C@@]6(CC)C=CCN7CC[C@@]54[C@H]76)CC(C3)C1O2. The van der Waals surface area contributed by atoms with Crippen LogP contribution in [0, 0.1) is 16.5 Å². The molecule has 2 bridgehead atoms. The average molecular weight is 875 g/mol. The number of piperidine rings is 1. The van der Waals surface area contributed by atoms with E-state index in [1.807, 2.05) is 55.6 Å². The highest BCUT2D eigenvalue weighted by Crippen LogP contribution is 2.68. The number of carbonyl (C=O) groups is 2. The fourth-order valence-corrected chi connectivity index (χ4v) is 15.3. The molecule has 4 saturated heterocycles. The standard InChI is InChI=1S/C51H62N4O9/c1-6-47-19-13-21-54-22-20-49(43(47)54)35-25-36(39(61-4)26-38(35)53(3)44(49)51(59,45(47)57)30-63-40(56)24-31-14-9-8-10-15-31)50(46(58)62-5)27-32-28-55(60,29-48(7-2)42(32)64-48)23-18-34-33-16-11-12-17-37(33)52-41(34)50/h8-17,19,25-26,32,34,41-45,52,57,59H,6-7,18,20-24,27-30H2,1-5H3/t32?,34?,41?,42?,43-,44+,45+,47+,48?,49+,50+,51-,55?/m1/s1. The lowest BCUT2D eigenvalue weighted by Gasteiger charge is -2.64. The Kier molecular flexibility index (Phi) is 9.55. The fourth-order valence-electron chi connectivity index (χ4n) is 15.3. The van der Waals surface area contributed by atoms with Crippen molar-refractivity contribution in [1.29, 1.82) is 0 Å². The Morgan fingerprint density at radius 3 is 2.56 bits per heavy atom. The van der Waals surface area contributed by atoms with Gasteiger partial charge in [-0.25, -0.2) is 0 Å². The minimum absolute atomic E-state index is 0.0307. The smallest absolute Gasteiger partial charge is 0.318 e. The lowest BCUT2D eigenvalue weighted by atomic mass is 9.48. The maximum Gasteiger partial charge on any atom is 0.318 e. The van der Waals surface area contributed by atoms with Gasteiger partial charge in [0, 0.05) is 71.7 Å². The third-order valence-corrected chi connectivity index (χ3v) is 17.8. The number of hydrogen-bond donors (Lipinski definition) is 3. The van der Waals surface area contributed by atoms with Gasteiger partial charge in [-0.3, -0.25) is 14.5 Å². The van der Waals surface area contributed by atoms with E-state index in [0.29, 0.717) is 69.7 Å². The van der Waals surface area contributed by atoms with E-state index < -0.39 is 64.2 Å². The fraction of sp³-hybridized carbons (Fsp3) is 0.569. The van der Waals surface area contributed by atoms with E-state index in [4.69, 9.17) is 18.9 Å².